The normalized spacial score (nSPS) is 15.2. The average molecular weight is 250 g/mol. The van der Waals surface area contributed by atoms with Gasteiger partial charge in [0.15, 0.2) is 0 Å². The maximum Gasteiger partial charge on any atom is 0.306 e. The summed E-state index contributed by atoms with van der Waals surface area (Å²) in [7, 11) is 0. The van der Waals surface area contributed by atoms with Crippen LogP contribution in [-0.2, 0) is 15.8 Å². The minimum atomic E-state index is -1.28. The zero-order valence-corrected chi connectivity index (χ0v) is 11.5. The molecule has 0 aliphatic carbocycles. The topological polar surface area (TPSA) is 57.5 Å². The van der Waals surface area contributed by atoms with Gasteiger partial charge in [-0.3, -0.25) is 4.79 Å². The molecular weight excluding hydrogens is 228 g/mol. The molecule has 0 heterocycles. The standard InChI is InChI=1S/C15H22O3/c1-5-15(18,10-13(16)17)12-8-6-11(7-9-12)14(2,3)4/h6-9,18H,5,10H2,1-4H3,(H,16,17). The summed E-state index contributed by atoms with van der Waals surface area (Å²) in [4.78, 5) is 10.8. The first-order chi connectivity index (χ1) is 8.19. The van der Waals surface area contributed by atoms with Gasteiger partial charge >= 0.3 is 5.97 Å². The summed E-state index contributed by atoms with van der Waals surface area (Å²) in [5.41, 5.74) is 0.609. The molecule has 1 rings (SSSR count). The van der Waals surface area contributed by atoms with Crippen molar-refractivity contribution in [1.82, 2.24) is 0 Å². The second-order valence-corrected chi connectivity index (χ2v) is 5.78. The third kappa shape index (κ3) is 3.33. The maximum absolute atomic E-state index is 10.8. The van der Waals surface area contributed by atoms with Crippen molar-refractivity contribution in [1.29, 1.82) is 0 Å². The van der Waals surface area contributed by atoms with Crippen molar-refractivity contribution in [3.63, 3.8) is 0 Å². The highest BCUT2D eigenvalue weighted by molar-refractivity contribution is 5.68. The Morgan fingerprint density at radius 2 is 1.56 bits per heavy atom. The zero-order valence-electron chi connectivity index (χ0n) is 11.5. The van der Waals surface area contributed by atoms with E-state index in [9.17, 15) is 9.90 Å². The van der Waals surface area contributed by atoms with Crippen LogP contribution in [0.5, 0.6) is 0 Å². The van der Waals surface area contributed by atoms with Gasteiger partial charge in [-0.25, -0.2) is 0 Å². The van der Waals surface area contributed by atoms with Crippen LogP contribution in [0.2, 0.25) is 0 Å². The number of benzene rings is 1. The molecule has 0 aliphatic rings. The molecule has 1 atom stereocenters. The molecule has 0 aromatic heterocycles. The lowest BCUT2D eigenvalue weighted by molar-refractivity contribution is -0.143. The maximum atomic E-state index is 10.8. The molecule has 1 unspecified atom stereocenters. The van der Waals surface area contributed by atoms with Gasteiger partial charge in [0.05, 0.1) is 12.0 Å². The molecule has 3 heteroatoms. The van der Waals surface area contributed by atoms with E-state index in [-0.39, 0.29) is 11.8 Å². The van der Waals surface area contributed by atoms with Crippen LogP contribution in [0.1, 0.15) is 51.7 Å². The predicted octanol–water partition coefficient (Wildman–Crippen LogP) is 3.06. The largest absolute Gasteiger partial charge is 0.481 e. The van der Waals surface area contributed by atoms with Gasteiger partial charge in [-0.2, -0.15) is 0 Å². The third-order valence-corrected chi connectivity index (χ3v) is 3.32. The van der Waals surface area contributed by atoms with E-state index in [0.717, 1.165) is 0 Å². The molecule has 1 aromatic carbocycles. The second kappa shape index (κ2) is 5.11. The average Bonchev–Trinajstić information content (AvgIpc) is 2.27. The van der Waals surface area contributed by atoms with E-state index in [1.165, 1.54) is 5.56 Å². The van der Waals surface area contributed by atoms with Crippen molar-refractivity contribution in [3.8, 4) is 0 Å². The summed E-state index contributed by atoms with van der Waals surface area (Å²) in [5.74, 6) is -0.987. The quantitative estimate of drug-likeness (QED) is 0.863. The Kier molecular flexibility index (Phi) is 4.17. The minimum absolute atomic E-state index is 0.0512. The molecule has 0 amide bonds. The molecule has 0 bridgehead atoms. The van der Waals surface area contributed by atoms with Crippen LogP contribution >= 0.6 is 0 Å². The molecule has 0 aliphatic heterocycles. The number of rotatable bonds is 4. The Morgan fingerprint density at radius 3 is 1.89 bits per heavy atom. The van der Waals surface area contributed by atoms with Crippen LogP contribution < -0.4 is 0 Å². The van der Waals surface area contributed by atoms with Crippen molar-refractivity contribution in [2.24, 2.45) is 0 Å². The van der Waals surface area contributed by atoms with E-state index in [0.29, 0.717) is 12.0 Å². The van der Waals surface area contributed by atoms with Crippen molar-refractivity contribution >= 4 is 5.97 Å². The molecule has 0 saturated heterocycles. The Bertz CT molecular complexity index is 414. The van der Waals surface area contributed by atoms with E-state index >= 15 is 0 Å². The number of hydrogen-bond acceptors (Lipinski definition) is 2. The fourth-order valence-electron chi connectivity index (χ4n) is 1.96. The predicted molar refractivity (Wildman–Crippen MR) is 71.6 cm³/mol. The van der Waals surface area contributed by atoms with Crippen LogP contribution in [0.4, 0.5) is 0 Å². The minimum Gasteiger partial charge on any atom is -0.481 e. The summed E-state index contributed by atoms with van der Waals surface area (Å²) in [5, 5.41) is 19.2. The van der Waals surface area contributed by atoms with Gasteiger partial charge in [0.2, 0.25) is 0 Å². The molecule has 0 spiro atoms. The van der Waals surface area contributed by atoms with E-state index in [1.54, 1.807) is 6.92 Å². The highest BCUT2D eigenvalue weighted by atomic mass is 16.4. The van der Waals surface area contributed by atoms with Crippen LogP contribution in [0.15, 0.2) is 24.3 Å². The molecular formula is C15H22O3. The number of hydrogen-bond donors (Lipinski definition) is 2. The summed E-state index contributed by atoms with van der Waals surface area (Å²) >= 11 is 0. The van der Waals surface area contributed by atoms with Crippen LogP contribution in [0, 0.1) is 0 Å². The summed E-state index contributed by atoms with van der Waals surface area (Å²) in [6.45, 7) is 8.14. The molecule has 0 saturated carbocycles. The molecule has 1 aromatic rings. The fourth-order valence-corrected chi connectivity index (χ4v) is 1.96. The first-order valence-electron chi connectivity index (χ1n) is 6.24. The zero-order chi connectivity index (χ0) is 14.0. The second-order valence-electron chi connectivity index (χ2n) is 5.78. The Balaban J connectivity index is 3.06. The molecule has 2 N–H and O–H groups in total. The third-order valence-electron chi connectivity index (χ3n) is 3.32. The van der Waals surface area contributed by atoms with Crippen LogP contribution in [-0.4, -0.2) is 16.2 Å². The molecule has 100 valence electrons. The van der Waals surface area contributed by atoms with Gasteiger partial charge in [-0.05, 0) is 23.0 Å². The van der Waals surface area contributed by atoms with Crippen molar-refractivity contribution in [3.05, 3.63) is 35.4 Å². The Labute approximate surface area is 108 Å². The smallest absolute Gasteiger partial charge is 0.306 e. The molecule has 18 heavy (non-hydrogen) atoms. The summed E-state index contributed by atoms with van der Waals surface area (Å²) < 4.78 is 0. The molecule has 3 nitrogen and oxygen atoms in total. The number of carbonyl (C=O) groups is 1. The highest BCUT2D eigenvalue weighted by Crippen LogP contribution is 2.31. The van der Waals surface area contributed by atoms with Crippen molar-refractivity contribution < 1.29 is 15.0 Å². The lowest BCUT2D eigenvalue weighted by atomic mass is 9.83. The van der Waals surface area contributed by atoms with E-state index in [4.69, 9.17) is 5.11 Å². The van der Waals surface area contributed by atoms with Gasteiger partial charge in [0.25, 0.3) is 0 Å². The van der Waals surface area contributed by atoms with Gasteiger partial charge < -0.3 is 10.2 Å². The van der Waals surface area contributed by atoms with Crippen LogP contribution in [0.3, 0.4) is 0 Å². The Hall–Kier alpha value is -1.35. The summed E-state index contributed by atoms with van der Waals surface area (Å²) in [6.07, 6.45) is 0.118. The number of aliphatic carboxylic acids is 1. The Morgan fingerprint density at radius 1 is 1.11 bits per heavy atom. The van der Waals surface area contributed by atoms with Crippen LogP contribution in [0.25, 0.3) is 0 Å². The van der Waals surface area contributed by atoms with Gasteiger partial charge in [0, 0.05) is 0 Å². The molecule has 0 radical (unpaired) electrons. The van der Waals surface area contributed by atoms with Crippen molar-refractivity contribution in [2.45, 2.75) is 51.6 Å². The van der Waals surface area contributed by atoms with Crippen molar-refractivity contribution in [2.75, 3.05) is 0 Å². The van der Waals surface area contributed by atoms with Gasteiger partial charge in [-0.1, -0.05) is 52.0 Å². The lowest BCUT2D eigenvalue weighted by Crippen LogP contribution is -2.28. The van der Waals surface area contributed by atoms with Gasteiger partial charge in [0.1, 0.15) is 0 Å². The number of carboxylic acids is 1. The SMILES string of the molecule is CCC(O)(CC(=O)O)c1ccc(C(C)(C)C)cc1. The number of aliphatic hydroxyl groups is 1. The first kappa shape index (κ1) is 14.7. The monoisotopic (exact) mass is 250 g/mol. The fraction of sp³-hybridized carbons (Fsp3) is 0.533. The van der Waals surface area contributed by atoms with E-state index in [1.807, 2.05) is 24.3 Å². The summed E-state index contributed by atoms with van der Waals surface area (Å²) in [6, 6.07) is 7.57. The molecule has 0 fully saturated rings. The number of carboxylic acid groups (broad SMARTS) is 1. The highest BCUT2D eigenvalue weighted by Gasteiger charge is 2.30. The van der Waals surface area contributed by atoms with E-state index in [2.05, 4.69) is 20.8 Å². The van der Waals surface area contributed by atoms with E-state index < -0.39 is 11.6 Å². The first-order valence-corrected chi connectivity index (χ1v) is 6.24. The lowest BCUT2D eigenvalue weighted by Gasteiger charge is -2.27. The van der Waals surface area contributed by atoms with Gasteiger partial charge in [-0.15, -0.1) is 0 Å².